The Bertz CT molecular complexity index is 291. The van der Waals surface area contributed by atoms with E-state index in [1.165, 1.54) is 0 Å². The predicted octanol–water partition coefficient (Wildman–Crippen LogP) is 2.22. The molecule has 18 heavy (non-hydrogen) atoms. The number of likely N-dealkylation sites (tertiary alicyclic amines) is 1. The Morgan fingerprint density at radius 2 is 2.11 bits per heavy atom. The number of nitrogens with zero attached hydrogens (tertiary/aromatic N) is 1. The maximum absolute atomic E-state index is 12.1. The molecule has 104 valence electrons. The second-order valence-corrected chi connectivity index (χ2v) is 5.15. The van der Waals surface area contributed by atoms with Gasteiger partial charge in [0.1, 0.15) is 0 Å². The molecule has 0 aromatic heterocycles. The number of ether oxygens (including phenoxy) is 1. The maximum atomic E-state index is 12.1. The molecular formula is C14H25NO3. The van der Waals surface area contributed by atoms with Gasteiger partial charge in [0.2, 0.25) is 5.91 Å². The van der Waals surface area contributed by atoms with Crippen molar-refractivity contribution in [2.45, 2.75) is 46.5 Å². The third-order valence-electron chi connectivity index (χ3n) is 3.61. The largest absolute Gasteiger partial charge is 0.466 e. The highest BCUT2D eigenvalue weighted by Crippen LogP contribution is 2.20. The van der Waals surface area contributed by atoms with Gasteiger partial charge in [-0.05, 0) is 25.7 Å². The second-order valence-electron chi connectivity index (χ2n) is 5.15. The van der Waals surface area contributed by atoms with Gasteiger partial charge in [-0.15, -0.1) is 0 Å². The molecule has 1 heterocycles. The van der Waals surface area contributed by atoms with E-state index in [2.05, 4.69) is 13.8 Å². The fraction of sp³-hybridized carbons (Fsp3) is 0.857. The van der Waals surface area contributed by atoms with Crippen LogP contribution in [0.2, 0.25) is 0 Å². The normalized spacial score (nSPS) is 21.5. The van der Waals surface area contributed by atoms with Crippen molar-refractivity contribution >= 4 is 11.9 Å². The average Bonchev–Trinajstić information content (AvgIpc) is 2.39. The van der Waals surface area contributed by atoms with Gasteiger partial charge in [-0.3, -0.25) is 9.59 Å². The number of rotatable bonds is 5. The summed E-state index contributed by atoms with van der Waals surface area (Å²) in [6.07, 6.45) is 3.34. The number of esters is 1. The van der Waals surface area contributed by atoms with Gasteiger partial charge in [-0.1, -0.05) is 20.3 Å². The van der Waals surface area contributed by atoms with Crippen LogP contribution in [-0.4, -0.2) is 36.5 Å². The van der Waals surface area contributed by atoms with Crippen LogP contribution >= 0.6 is 0 Å². The molecule has 4 heteroatoms. The third-order valence-corrected chi connectivity index (χ3v) is 3.61. The molecule has 1 aliphatic heterocycles. The van der Waals surface area contributed by atoms with Crippen LogP contribution in [-0.2, 0) is 14.3 Å². The van der Waals surface area contributed by atoms with Crippen molar-refractivity contribution < 1.29 is 14.3 Å². The van der Waals surface area contributed by atoms with E-state index in [9.17, 15) is 9.59 Å². The summed E-state index contributed by atoms with van der Waals surface area (Å²) < 4.78 is 5.03. The van der Waals surface area contributed by atoms with Crippen LogP contribution in [0.1, 0.15) is 46.5 Å². The van der Waals surface area contributed by atoms with Gasteiger partial charge in [0, 0.05) is 19.5 Å². The number of hydrogen-bond donors (Lipinski definition) is 0. The smallest absolute Gasteiger partial charge is 0.310 e. The Balaban J connectivity index is 2.47. The summed E-state index contributed by atoms with van der Waals surface area (Å²) in [6, 6.07) is 0. The molecule has 1 rings (SSSR count). The zero-order valence-electron chi connectivity index (χ0n) is 11.8. The van der Waals surface area contributed by atoms with E-state index >= 15 is 0 Å². The fourth-order valence-corrected chi connectivity index (χ4v) is 2.23. The lowest BCUT2D eigenvalue weighted by molar-refractivity contribution is -0.151. The number of hydrogen-bond acceptors (Lipinski definition) is 3. The van der Waals surface area contributed by atoms with Gasteiger partial charge >= 0.3 is 5.97 Å². The first kappa shape index (κ1) is 15.0. The van der Waals surface area contributed by atoms with Gasteiger partial charge in [0.25, 0.3) is 0 Å². The van der Waals surface area contributed by atoms with Gasteiger partial charge in [-0.2, -0.15) is 0 Å². The monoisotopic (exact) mass is 255 g/mol. The van der Waals surface area contributed by atoms with Crippen LogP contribution in [0.5, 0.6) is 0 Å². The minimum Gasteiger partial charge on any atom is -0.466 e. The molecule has 0 aliphatic carbocycles. The van der Waals surface area contributed by atoms with Gasteiger partial charge < -0.3 is 9.64 Å². The molecule has 1 saturated heterocycles. The highest BCUT2D eigenvalue weighted by atomic mass is 16.5. The summed E-state index contributed by atoms with van der Waals surface area (Å²) in [5, 5.41) is 0. The van der Waals surface area contributed by atoms with Crippen molar-refractivity contribution in [1.29, 1.82) is 0 Å². The van der Waals surface area contributed by atoms with Crippen LogP contribution in [0.4, 0.5) is 0 Å². The van der Waals surface area contributed by atoms with Crippen LogP contribution in [0.3, 0.4) is 0 Å². The number of carbonyl (C=O) groups excluding carboxylic acids is 2. The molecule has 0 saturated carbocycles. The molecule has 0 aromatic carbocycles. The Morgan fingerprint density at radius 3 is 2.72 bits per heavy atom. The molecular weight excluding hydrogens is 230 g/mol. The van der Waals surface area contributed by atoms with Crippen LogP contribution in [0.15, 0.2) is 0 Å². The molecule has 0 radical (unpaired) electrons. The van der Waals surface area contributed by atoms with Gasteiger partial charge in [0.05, 0.1) is 12.5 Å². The molecule has 0 N–H and O–H groups in total. The summed E-state index contributed by atoms with van der Waals surface area (Å²) in [5.74, 6) is 0.317. The third kappa shape index (κ3) is 4.31. The topological polar surface area (TPSA) is 46.6 Å². The standard InChI is InChI=1S/C14H25NO3/c1-4-11(3)9-13(16)15-8-6-7-12(10-15)14(17)18-5-2/h11-12H,4-10H2,1-3H3. The highest BCUT2D eigenvalue weighted by Gasteiger charge is 2.29. The van der Waals surface area contributed by atoms with Crippen LogP contribution in [0, 0.1) is 11.8 Å². The summed E-state index contributed by atoms with van der Waals surface area (Å²) in [6.45, 7) is 7.72. The van der Waals surface area contributed by atoms with Crippen molar-refractivity contribution in [1.82, 2.24) is 4.90 Å². The second kappa shape index (κ2) is 7.39. The fourth-order valence-electron chi connectivity index (χ4n) is 2.23. The maximum Gasteiger partial charge on any atom is 0.310 e. The molecule has 1 fully saturated rings. The quantitative estimate of drug-likeness (QED) is 0.708. The first-order chi connectivity index (χ1) is 8.58. The summed E-state index contributed by atoms with van der Waals surface area (Å²) in [4.78, 5) is 25.6. The first-order valence-electron chi connectivity index (χ1n) is 7.02. The Hall–Kier alpha value is -1.06. The van der Waals surface area contributed by atoms with E-state index in [0.717, 1.165) is 25.8 Å². The summed E-state index contributed by atoms with van der Waals surface area (Å²) in [7, 11) is 0. The lowest BCUT2D eigenvalue weighted by Gasteiger charge is -2.32. The Labute approximate surface area is 110 Å². The van der Waals surface area contributed by atoms with E-state index in [0.29, 0.717) is 25.5 Å². The minimum absolute atomic E-state index is 0.125. The highest BCUT2D eigenvalue weighted by molar-refractivity contribution is 5.78. The summed E-state index contributed by atoms with van der Waals surface area (Å²) in [5.41, 5.74) is 0. The van der Waals surface area contributed by atoms with Crippen molar-refractivity contribution in [3.05, 3.63) is 0 Å². The van der Waals surface area contributed by atoms with E-state index in [1.807, 2.05) is 11.8 Å². The Morgan fingerprint density at radius 1 is 1.39 bits per heavy atom. The van der Waals surface area contributed by atoms with E-state index < -0.39 is 0 Å². The molecule has 0 aromatic rings. The van der Waals surface area contributed by atoms with Gasteiger partial charge in [0.15, 0.2) is 0 Å². The molecule has 2 atom stereocenters. The number of amides is 1. The SMILES string of the molecule is CCOC(=O)C1CCCN(C(=O)CC(C)CC)C1. The molecule has 1 aliphatic rings. The lowest BCUT2D eigenvalue weighted by atomic mass is 9.96. The molecule has 4 nitrogen and oxygen atoms in total. The zero-order valence-corrected chi connectivity index (χ0v) is 11.8. The lowest BCUT2D eigenvalue weighted by Crippen LogP contribution is -2.43. The zero-order chi connectivity index (χ0) is 13.5. The van der Waals surface area contributed by atoms with Crippen molar-refractivity contribution in [2.75, 3.05) is 19.7 Å². The van der Waals surface area contributed by atoms with Crippen LogP contribution < -0.4 is 0 Å². The molecule has 2 unspecified atom stereocenters. The molecule has 0 bridgehead atoms. The predicted molar refractivity (Wildman–Crippen MR) is 70.0 cm³/mol. The van der Waals surface area contributed by atoms with Crippen molar-refractivity contribution in [3.63, 3.8) is 0 Å². The first-order valence-corrected chi connectivity index (χ1v) is 7.02. The average molecular weight is 255 g/mol. The minimum atomic E-state index is -0.154. The number of carbonyl (C=O) groups is 2. The van der Waals surface area contributed by atoms with E-state index in [1.54, 1.807) is 0 Å². The number of piperidine rings is 1. The van der Waals surface area contributed by atoms with Gasteiger partial charge in [-0.25, -0.2) is 0 Å². The van der Waals surface area contributed by atoms with Crippen LogP contribution in [0.25, 0.3) is 0 Å². The van der Waals surface area contributed by atoms with Crippen molar-refractivity contribution in [3.8, 4) is 0 Å². The summed E-state index contributed by atoms with van der Waals surface area (Å²) >= 11 is 0. The molecule has 0 spiro atoms. The van der Waals surface area contributed by atoms with Crippen molar-refractivity contribution in [2.24, 2.45) is 11.8 Å². The molecule has 1 amide bonds. The van der Waals surface area contributed by atoms with E-state index in [4.69, 9.17) is 4.74 Å². The van der Waals surface area contributed by atoms with E-state index in [-0.39, 0.29) is 17.8 Å². The Kier molecular flexibility index (Phi) is 6.16.